The van der Waals surface area contributed by atoms with Crippen molar-refractivity contribution in [1.82, 2.24) is 4.31 Å². The molecule has 3 rings (SSSR count). The van der Waals surface area contributed by atoms with E-state index in [0.29, 0.717) is 24.3 Å². The van der Waals surface area contributed by atoms with Crippen molar-refractivity contribution in [2.24, 2.45) is 5.73 Å². The number of nitrogens with two attached hydrogens (primary N) is 1. The number of benzene rings is 1. The van der Waals surface area contributed by atoms with Gasteiger partial charge in [-0.1, -0.05) is 24.6 Å². The van der Waals surface area contributed by atoms with Gasteiger partial charge in [0.05, 0.1) is 6.42 Å². The highest BCUT2D eigenvalue weighted by molar-refractivity contribution is 7.89. The average Bonchev–Trinajstić information content (AvgIpc) is 3.15. The molecule has 3 N–H and O–H groups in total. The van der Waals surface area contributed by atoms with Gasteiger partial charge in [0.25, 0.3) is 15.9 Å². The summed E-state index contributed by atoms with van der Waals surface area (Å²) < 4.78 is 31.9. The van der Waals surface area contributed by atoms with Crippen LogP contribution in [0.1, 0.15) is 35.4 Å². The molecule has 1 saturated heterocycles. The van der Waals surface area contributed by atoms with E-state index in [9.17, 15) is 18.0 Å². The molecule has 0 bridgehead atoms. The lowest BCUT2D eigenvalue weighted by atomic mass is 10.1. The number of nitrogens with one attached hydrogen (secondary N) is 1. The molecule has 144 valence electrons. The van der Waals surface area contributed by atoms with Crippen molar-refractivity contribution in [2.75, 3.05) is 18.4 Å². The molecule has 9 heteroatoms. The standard InChI is InChI=1S/C18H21N3O5S/c19-16(22)12-13-6-2-3-7-14(13)20-18(23)15-8-9-17(26-15)27(24,25)21-10-4-1-5-11-21/h2-3,6-9H,1,4-5,10-12H2,(H2,19,22)(H,20,23). The minimum Gasteiger partial charge on any atom is -0.438 e. The van der Waals surface area contributed by atoms with Crippen LogP contribution in [-0.4, -0.2) is 37.6 Å². The number of sulfonamides is 1. The van der Waals surface area contributed by atoms with Crippen molar-refractivity contribution in [2.45, 2.75) is 30.8 Å². The normalized spacial score (nSPS) is 15.4. The highest BCUT2D eigenvalue weighted by Crippen LogP contribution is 2.23. The Balaban J connectivity index is 1.77. The fourth-order valence-corrected chi connectivity index (χ4v) is 4.41. The fraction of sp³-hybridized carbons (Fsp3) is 0.333. The number of hydrogen-bond donors (Lipinski definition) is 2. The zero-order valence-electron chi connectivity index (χ0n) is 14.7. The van der Waals surface area contributed by atoms with E-state index in [2.05, 4.69) is 5.32 Å². The molecule has 0 radical (unpaired) electrons. The first-order chi connectivity index (χ1) is 12.9. The van der Waals surface area contributed by atoms with Gasteiger partial charge < -0.3 is 15.5 Å². The summed E-state index contributed by atoms with van der Waals surface area (Å²) in [5.41, 5.74) is 6.19. The van der Waals surface area contributed by atoms with E-state index in [1.165, 1.54) is 16.4 Å². The molecule has 2 aromatic rings. The van der Waals surface area contributed by atoms with Gasteiger partial charge >= 0.3 is 0 Å². The van der Waals surface area contributed by atoms with Gasteiger partial charge in [0.2, 0.25) is 11.0 Å². The van der Waals surface area contributed by atoms with Crippen LogP contribution in [0.2, 0.25) is 0 Å². The van der Waals surface area contributed by atoms with Crippen LogP contribution in [0.4, 0.5) is 5.69 Å². The number of carbonyl (C=O) groups excluding carboxylic acids is 2. The van der Waals surface area contributed by atoms with E-state index in [1.54, 1.807) is 24.3 Å². The van der Waals surface area contributed by atoms with E-state index in [0.717, 1.165) is 19.3 Å². The Morgan fingerprint density at radius 2 is 1.78 bits per heavy atom. The molecule has 1 aliphatic heterocycles. The first-order valence-electron chi connectivity index (χ1n) is 8.65. The first-order valence-corrected chi connectivity index (χ1v) is 10.1. The van der Waals surface area contributed by atoms with Crippen molar-refractivity contribution in [1.29, 1.82) is 0 Å². The largest absolute Gasteiger partial charge is 0.438 e. The molecule has 0 aliphatic carbocycles. The predicted molar refractivity (Wildman–Crippen MR) is 98.6 cm³/mol. The van der Waals surface area contributed by atoms with Gasteiger partial charge in [0.1, 0.15) is 0 Å². The Kier molecular flexibility index (Phi) is 5.62. The molecule has 8 nitrogen and oxygen atoms in total. The number of para-hydroxylation sites is 1. The van der Waals surface area contributed by atoms with Crippen LogP contribution in [0.5, 0.6) is 0 Å². The predicted octanol–water partition coefficient (Wildman–Crippen LogP) is 1.73. The van der Waals surface area contributed by atoms with Crippen molar-refractivity contribution in [3.8, 4) is 0 Å². The Morgan fingerprint density at radius 1 is 1.07 bits per heavy atom. The molecule has 0 unspecified atom stereocenters. The van der Waals surface area contributed by atoms with Crippen LogP contribution < -0.4 is 11.1 Å². The summed E-state index contributed by atoms with van der Waals surface area (Å²) in [6, 6.07) is 9.34. The highest BCUT2D eigenvalue weighted by atomic mass is 32.2. The third kappa shape index (κ3) is 4.37. The summed E-state index contributed by atoms with van der Waals surface area (Å²) in [5, 5.41) is 2.38. The first kappa shape index (κ1) is 19.1. The van der Waals surface area contributed by atoms with Crippen LogP contribution >= 0.6 is 0 Å². The number of carbonyl (C=O) groups is 2. The molecule has 0 saturated carbocycles. The van der Waals surface area contributed by atoms with Gasteiger partial charge in [-0.2, -0.15) is 4.31 Å². The molecule has 0 spiro atoms. The van der Waals surface area contributed by atoms with Crippen LogP contribution in [0.3, 0.4) is 0 Å². The smallest absolute Gasteiger partial charge is 0.291 e. The van der Waals surface area contributed by atoms with Crippen molar-refractivity contribution >= 4 is 27.5 Å². The summed E-state index contributed by atoms with van der Waals surface area (Å²) in [5.74, 6) is -1.25. The molecule has 2 amide bonds. The van der Waals surface area contributed by atoms with E-state index in [1.807, 2.05) is 0 Å². The van der Waals surface area contributed by atoms with Gasteiger partial charge in [0, 0.05) is 18.8 Å². The maximum atomic E-state index is 12.6. The molecule has 27 heavy (non-hydrogen) atoms. The Hall–Kier alpha value is -2.65. The minimum atomic E-state index is -3.75. The number of amides is 2. The molecular weight excluding hydrogens is 370 g/mol. The molecule has 2 heterocycles. The lowest BCUT2D eigenvalue weighted by molar-refractivity contribution is -0.117. The van der Waals surface area contributed by atoms with Crippen LogP contribution in [0.25, 0.3) is 0 Å². The van der Waals surface area contributed by atoms with Gasteiger partial charge in [0.15, 0.2) is 5.76 Å². The van der Waals surface area contributed by atoms with Gasteiger partial charge in [-0.15, -0.1) is 0 Å². The summed E-state index contributed by atoms with van der Waals surface area (Å²) >= 11 is 0. The third-order valence-corrected chi connectivity index (χ3v) is 6.12. The number of primary amides is 1. The number of hydrogen-bond acceptors (Lipinski definition) is 5. The second kappa shape index (κ2) is 7.93. The molecule has 1 aromatic carbocycles. The van der Waals surface area contributed by atoms with E-state index >= 15 is 0 Å². The molecule has 1 aromatic heterocycles. The third-order valence-electron chi connectivity index (χ3n) is 4.34. The summed E-state index contributed by atoms with van der Waals surface area (Å²) in [6.45, 7) is 0.899. The SMILES string of the molecule is NC(=O)Cc1ccccc1NC(=O)c1ccc(S(=O)(=O)N2CCCCC2)o1. The number of piperidine rings is 1. The minimum absolute atomic E-state index is 0.0246. The Bertz CT molecular complexity index is 945. The lowest BCUT2D eigenvalue weighted by Gasteiger charge is -2.24. The molecular formula is C18H21N3O5S. The van der Waals surface area contributed by atoms with Crippen molar-refractivity contribution < 1.29 is 22.4 Å². The second-order valence-electron chi connectivity index (χ2n) is 6.34. The number of anilines is 1. The van der Waals surface area contributed by atoms with E-state index in [-0.39, 0.29) is 17.3 Å². The molecule has 1 aliphatic rings. The zero-order chi connectivity index (χ0) is 19.4. The number of rotatable bonds is 6. The average molecular weight is 391 g/mol. The van der Waals surface area contributed by atoms with Crippen molar-refractivity contribution in [3.63, 3.8) is 0 Å². The summed E-state index contributed by atoms with van der Waals surface area (Å²) in [6.07, 6.45) is 2.60. The monoisotopic (exact) mass is 391 g/mol. The second-order valence-corrected chi connectivity index (χ2v) is 8.21. The van der Waals surface area contributed by atoms with Gasteiger partial charge in [-0.25, -0.2) is 8.42 Å². The fourth-order valence-electron chi connectivity index (χ4n) is 2.98. The topological polar surface area (TPSA) is 123 Å². The lowest BCUT2D eigenvalue weighted by Crippen LogP contribution is -2.35. The van der Waals surface area contributed by atoms with Gasteiger partial charge in [-0.3, -0.25) is 9.59 Å². The maximum absolute atomic E-state index is 12.6. The van der Waals surface area contributed by atoms with E-state index < -0.39 is 21.8 Å². The zero-order valence-corrected chi connectivity index (χ0v) is 15.5. The summed E-state index contributed by atoms with van der Waals surface area (Å²) in [4.78, 5) is 23.6. The van der Waals surface area contributed by atoms with E-state index in [4.69, 9.17) is 10.2 Å². The Labute approximate surface area is 157 Å². The molecule has 1 fully saturated rings. The summed E-state index contributed by atoms with van der Waals surface area (Å²) in [7, 11) is -3.75. The van der Waals surface area contributed by atoms with Crippen molar-refractivity contribution in [3.05, 3.63) is 47.7 Å². The van der Waals surface area contributed by atoms with Crippen LogP contribution in [-0.2, 0) is 21.2 Å². The van der Waals surface area contributed by atoms with Gasteiger partial charge in [-0.05, 0) is 36.6 Å². The maximum Gasteiger partial charge on any atom is 0.291 e. The quantitative estimate of drug-likeness (QED) is 0.776. The van der Waals surface area contributed by atoms with Crippen LogP contribution in [0, 0.1) is 0 Å². The number of nitrogens with zero attached hydrogens (tertiary/aromatic N) is 1. The molecule has 0 atom stereocenters. The Morgan fingerprint density at radius 3 is 2.48 bits per heavy atom. The highest BCUT2D eigenvalue weighted by Gasteiger charge is 2.29. The number of furan rings is 1. The van der Waals surface area contributed by atoms with Crippen LogP contribution in [0.15, 0.2) is 45.9 Å².